The van der Waals surface area contributed by atoms with Crippen LogP contribution in [0, 0.1) is 5.92 Å². The number of nitrogens with zero attached hydrogens (tertiary/aromatic N) is 4. The number of hydrogen-bond acceptors (Lipinski definition) is 5. The monoisotopic (exact) mass is 622 g/mol. The zero-order chi connectivity index (χ0) is 31.7. The van der Waals surface area contributed by atoms with Gasteiger partial charge in [0.25, 0.3) is 0 Å². The molecule has 0 spiro atoms. The third-order valence-corrected chi connectivity index (χ3v) is 9.19. The molecule has 11 heteroatoms. The van der Waals surface area contributed by atoms with Gasteiger partial charge in [0.2, 0.25) is 5.91 Å². The highest BCUT2D eigenvalue weighted by molar-refractivity contribution is 5.89. The second kappa shape index (κ2) is 12.7. The molecule has 1 N–H and O–H groups in total. The number of aromatic nitrogens is 3. The van der Waals surface area contributed by atoms with Gasteiger partial charge in [-0.05, 0) is 110 Å². The number of carboxylic acid groups (broad SMARTS) is 1. The maximum absolute atomic E-state index is 13.8. The van der Waals surface area contributed by atoms with Crippen LogP contribution in [0.15, 0.2) is 48.2 Å². The minimum Gasteiger partial charge on any atom is -0.489 e. The molecule has 1 aromatic carbocycles. The Morgan fingerprint density at radius 1 is 1.04 bits per heavy atom. The fourth-order valence-electron chi connectivity index (χ4n) is 6.64. The number of amides is 1. The Kier molecular flexibility index (Phi) is 8.70. The summed E-state index contributed by atoms with van der Waals surface area (Å²) in [6.07, 6.45) is 4.04. The van der Waals surface area contributed by atoms with E-state index in [2.05, 4.69) is 29.1 Å². The maximum atomic E-state index is 13.8. The van der Waals surface area contributed by atoms with Crippen molar-refractivity contribution in [3.05, 3.63) is 76.2 Å². The van der Waals surface area contributed by atoms with Crippen molar-refractivity contribution in [3.63, 3.8) is 0 Å². The molecule has 0 radical (unpaired) electrons. The van der Waals surface area contributed by atoms with Gasteiger partial charge in [-0.15, -0.1) is 0 Å². The predicted octanol–water partition coefficient (Wildman–Crippen LogP) is 7.07. The number of aryl methyl sites for hydroxylation is 1. The third-order valence-electron chi connectivity index (χ3n) is 9.19. The maximum Gasteiger partial charge on any atom is 0.434 e. The number of piperidine rings is 1. The number of carbonyl (C=O) groups is 2. The van der Waals surface area contributed by atoms with Crippen LogP contribution in [0.25, 0.3) is 11.4 Å². The van der Waals surface area contributed by atoms with E-state index < -0.39 is 23.4 Å². The van der Waals surface area contributed by atoms with Gasteiger partial charge < -0.3 is 14.7 Å². The minimum absolute atomic E-state index is 0.100. The van der Waals surface area contributed by atoms with Crippen LogP contribution in [0.3, 0.4) is 0 Å². The number of pyridine rings is 1. The van der Waals surface area contributed by atoms with E-state index >= 15 is 0 Å². The van der Waals surface area contributed by atoms with Crippen LogP contribution >= 0.6 is 0 Å². The fraction of sp³-hybridized carbons (Fsp3) is 0.471. The van der Waals surface area contributed by atoms with Gasteiger partial charge in [-0.1, -0.05) is 19.1 Å². The number of benzene rings is 1. The molecule has 45 heavy (non-hydrogen) atoms. The van der Waals surface area contributed by atoms with Crippen molar-refractivity contribution in [1.29, 1.82) is 0 Å². The summed E-state index contributed by atoms with van der Waals surface area (Å²) in [5.41, 5.74) is 2.78. The fourth-order valence-corrected chi connectivity index (χ4v) is 6.64. The molecular weight excluding hydrogens is 585 g/mol. The first-order valence-corrected chi connectivity index (χ1v) is 15.8. The summed E-state index contributed by atoms with van der Waals surface area (Å²) in [6, 6.07) is 11.0. The SMILES string of the molecule is CCc1cc(OCC2=C(c3cccc(-n4ncc(C(=O)O)c4C(F)(F)F)n3)CCCC2)ccc1C1CCN(C(=O)C2CC2)CC1. The van der Waals surface area contributed by atoms with E-state index in [0.29, 0.717) is 41.4 Å². The summed E-state index contributed by atoms with van der Waals surface area (Å²) in [7, 11) is 0. The molecule has 3 aliphatic rings. The van der Waals surface area contributed by atoms with Crippen molar-refractivity contribution < 1.29 is 32.6 Å². The summed E-state index contributed by atoms with van der Waals surface area (Å²) in [5.74, 6) is -0.0350. The first-order valence-electron chi connectivity index (χ1n) is 15.8. The van der Waals surface area contributed by atoms with Gasteiger partial charge in [0, 0.05) is 19.0 Å². The standard InChI is InChI=1S/C34H37F3N4O4/c1-2-21-18-25(12-13-26(21)22-14-16-40(17-15-22)32(42)23-10-11-23)45-20-24-6-3-4-7-27(24)29-8-5-9-30(39-29)41-31(34(35,36)37)28(19-38-41)33(43)44/h5,8-9,12-13,18-19,22-23H,2-4,6-7,10-11,14-17,20H2,1H3,(H,43,44). The Morgan fingerprint density at radius 3 is 2.49 bits per heavy atom. The Morgan fingerprint density at radius 2 is 1.80 bits per heavy atom. The Balaban J connectivity index is 1.19. The van der Waals surface area contributed by atoms with Crippen molar-refractivity contribution >= 4 is 17.4 Å². The van der Waals surface area contributed by atoms with E-state index in [1.807, 2.05) is 11.0 Å². The Hall–Kier alpha value is -4.15. The number of aromatic carboxylic acids is 1. The molecule has 8 nitrogen and oxygen atoms in total. The highest BCUT2D eigenvalue weighted by Crippen LogP contribution is 2.38. The quantitative estimate of drug-likeness (QED) is 0.274. The van der Waals surface area contributed by atoms with Crippen LogP contribution in [0.1, 0.15) is 97.1 Å². The Labute approximate surface area is 259 Å². The average Bonchev–Trinajstić information content (AvgIpc) is 3.79. The second-order valence-electron chi connectivity index (χ2n) is 12.2. The van der Waals surface area contributed by atoms with Crippen LogP contribution < -0.4 is 4.74 Å². The van der Waals surface area contributed by atoms with E-state index in [1.54, 1.807) is 12.1 Å². The second-order valence-corrected chi connectivity index (χ2v) is 12.2. The normalized spacial score (nSPS) is 17.9. The number of hydrogen-bond donors (Lipinski definition) is 1. The van der Waals surface area contributed by atoms with E-state index in [0.717, 1.165) is 81.4 Å². The largest absolute Gasteiger partial charge is 0.489 e. The van der Waals surface area contributed by atoms with Crippen molar-refractivity contribution in [2.24, 2.45) is 5.92 Å². The third kappa shape index (κ3) is 6.62. The van der Waals surface area contributed by atoms with Crippen LogP contribution in [-0.2, 0) is 17.4 Å². The lowest BCUT2D eigenvalue weighted by atomic mass is 9.85. The molecule has 3 heterocycles. The molecule has 1 saturated heterocycles. The van der Waals surface area contributed by atoms with Gasteiger partial charge in [0.05, 0.1) is 11.9 Å². The molecule has 6 rings (SSSR count). The molecule has 0 bridgehead atoms. The molecule has 2 fully saturated rings. The Bertz CT molecular complexity index is 1620. The summed E-state index contributed by atoms with van der Waals surface area (Å²) in [5, 5.41) is 13.0. The number of likely N-dealkylation sites (tertiary alicyclic amines) is 1. The first kappa shape index (κ1) is 30.9. The summed E-state index contributed by atoms with van der Waals surface area (Å²) < 4.78 is 48.4. The molecule has 0 atom stereocenters. The molecule has 1 aliphatic heterocycles. The molecule has 3 aromatic rings. The minimum atomic E-state index is -4.93. The van der Waals surface area contributed by atoms with Gasteiger partial charge in [-0.2, -0.15) is 18.3 Å². The molecule has 2 aromatic heterocycles. The summed E-state index contributed by atoms with van der Waals surface area (Å²) in [6.45, 7) is 4.10. The van der Waals surface area contributed by atoms with Crippen LogP contribution in [0.2, 0.25) is 0 Å². The summed E-state index contributed by atoms with van der Waals surface area (Å²) >= 11 is 0. The van der Waals surface area contributed by atoms with Gasteiger partial charge in [-0.25, -0.2) is 14.5 Å². The van der Waals surface area contributed by atoms with Gasteiger partial charge >= 0.3 is 12.1 Å². The zero-order valence-electron chi connectivity index (χ0n) is 25.3. The average molecular weight is 623 g/mol. The topological polar surface area (TPSA) is 97.6 Å². The highest BCUT2D eigenvalue weighted by Gasteiger charge is 2.41. The van der Waals surface area contributed by atoms with Crippen molar-refractivity contribution in [3.8, 4) is 11.6 Å². The predicted molar refractivity (Wildman–Crippen MR) is 161 cm³/mol. The molecular formula is C34H37F3N4O4. The lowest BCUT2D eigenvalue weighted by Crippen LogP contribution is -2.38. The lowest BCUT2D eigenvalue weighted by molar-refractivity contribution is -0.143. The summed E-state index contributed by atoms with van der Waals surface area (Å²) in [4.78, 5) is 30.5. The van der Waals surface area contributed by atoms with Gasteiger partial charge in [0.15, 0.2) is 11.5 Å². The van der Waals surface area contributed by atoms with E-state index in [-0.39, 0.29) is 11.7 Å². The van der Waals surface area contributed by atoms with E-state index in [9.17, 15) is 27.9 Å². The number of halogens is 3. The highest BCUT2D eigenvalue weighted by atomic mass is 19.4. The van der Waals surface area contributed by atoms with Crippen LogP contribution in [-0.4, -0.2) is 56.3 Å². The van der Waals surface area contributed by atoms with Crippen LogP contribution in [0.5, 0.6) is 5.75 Å². The van der Waals surface area contributed by atoms with Crippen molar-refractivity contribution in [2.75, 3.05) is 19.7 Å². The van der Waals surface area contributed by atoms with Gasteiger partial charge in [-0.3, -0.25) is 4.79 Å². The number of alkyl halides is 3. The van der Waals surface area contributed by atoms with E-state index in [1.165, 1.54) is 17.2 Å². The molecule has 0 unspecified atom stereocenters. The van der Waals surface area contributed by atoms with Crippen molar-refractivity contribution in [1.82, 2.24) is 19.7 Å². The zero-order valence-corrected chi connectivity index (χ0v) is 25.3. The molecule has 1 amide bonds. The molecule has 1 saturated carbocycles. The first-order chi connectivity index (χ1) is 21.6. The van der Waals surface area contributed by atoms with E-state index in [4.69, 9.17) is 4.74 Å². The number of carboxylic acids is 1. The lowest BCUT2D eigenvalue weighted by Gasteiger charge is -2.33. The van der Waals surface area contributed by atoms with Crippen LogP contribution in [0.4, 0.5) is 13.2 Å². The van der Waals surface area contributed by atoms with Crippen molar-refractivity contribution in [2.45, 2.75) is 76.8 Å². The molecule has 2 aliphatic carbocycles. The smallest absolute Gasteiger partial charge is 0.434 e. The molecule has 238 valence electrons. The number of carbonyl (C=O) groups excluding carboxylic acids is 1. The number of ether oxygens (including phenoxy) is 1. The van der Waals surface area contributed by atoms with Gasteiger partial charge in [0.1, 0.15) is 17.9 Å². The number of allylic oxidation sites excluding steroid dienone is 1. The number of rotatable bonds is 9.